The number of hydrogen-bond donors (Lipinski definition) is 0. The van der Waals surface area contributed by atoms with Gasteiger partial charge < -0.3 is 9.64 Å². The largest absolute Gasteiger partial charge is 0.378 e. The van der Waals surface area contributed by atoms with Gasteiger partial charge in [-0.2, -0.15) is 5.10 Å². The van der Waals surface area contributed by atoms with Crippen LogP contribution in [-0.2, 0) is 11.8 Å². The first-order chi connectivity index (χ1) is 10.6. The minimum Gasteiger partial charge on any atom is -0.378 e. The van der Waals surface area contributed by atoms with Gasteiger partial charge in [0.15, 0.2) is 0 Å². The van der Waals surface area contributed by atoms with Crippen LogP contribution in [0.5, 0.6) is 0 Å². The summed E-state index contributed by atoms with van der Waals surface area (Å²) < 4.78 is 7.11. The molecule has 22 heavy (non-hydrogen) atoms. The predicted octanol–water partition coefficient (Wildman–Crippen LogP) is 2.14. The van der Waals surface area contributed by atoms with Gasteiger partial charge in [0.2, 0.25) is 0 Å². The van der Waals surface area contributed by atoms with Crippen LogP contribution in [0.15, 0.2) is 24.5 Å². The summed E-state index contributed by atoms with van der Waals surface area (Å²) in [6.45, 7) is 4.82. The summed E-state index contributed by atoms with van der Waals surface area (Å²) in [5.41, 5.74) is 3.77. The first-order valence-corrected chi connectivity index (χ1v) is 7.17. The van der Waals surface area contributed by atoms with Crippen LogP contribution < -0.4 is 4.90 Å². The molecular weight excluding hydrogens is 284 g/mol. The number of non-ortho nitro benzene ring substituents is 1. The lowest BCUT2D eigenvalue weighted by atomic mass is 10.0. The van der Waals surface area contributed by atoms with E-state index < -0.39 is 0 Å². The number of morpholine rings is 1. The molecule has 0 amide bonds. The third-order valence-electron chi connectivity index (χ3n) is 3.84. The molecule has 0 bridgehead atoms. The van der Waals surface area contributed by atoms with Crippen molar-refractivity contribution in [2.45, 2.75) is 6.92 Å². The Morgan fingerprint density at radius 3 is 2.64 bits per heavy atom. The average molecular weight is 302 g/mol. The third kappa shape index (κ3) is 2.67. The molecule has 1 aliphatic heterocycles. The van der Waals surface area contributed by atoms with Crippen LogP contribution >= 0.6 is 0 Å². The Balaban J connectivity index is 2.15. The van der Waals surface area contributed by atoms with Gasteiger partial charge in [0, 0.05) is 55.3 Å². The number of aryl methyl sites for hydroxylation is 2. The predicted molar refractivity (Wildman–Crippen MR) is 83.1 cm³/mol. The van der Waals surface area contributed by atoms with Gasteiger partial charge in [-0.05, 0) is 12.5 Å². The second-order valence-corrected chi connectivity index (χ2v) is 5.42. The highest BCUT2D eigenvalue weighted by Gasteiger charge is 2.22. The van der Waals surface area contributed by atoms with E-state index in [0.29, 0.717) is 13.2 Å². The molecule has 1 aliphatic rings. The fourth-order valence-corrected chi connectivity index (χ4v) is 2.85. The van der Waals surface area contributed by atoms with Gasteiger partial charge in [0.05, 0.1) is 24.3 Å². The van der Waals surface area contributed by atoms with Crippen molar-refractivity contribution in [2.24, 2.45) is 7.05 Å². The zero-order chi connectivity index (χ0) is 15.7. The van der Waals surface area contributed by atoms with Crippen molar-refractivity contribution in [3.63, 3.8) is 0 Å². The Labute approximate surface area is 128 Å². The number of hydrogen-bond acceptors (Lipinski definition) is 5. The van der Waals surface area contributed by atoms with Gasteiger partial charge in [-0.15, -0.1) is 0 Å². The highest BCUT2D eigenvalue weighted by molar-refractivity contribution is 5.82. The SMILES string of the molecule is Cc1cc([N+](=O)[O-])cc(-c2cnn(C)c2)c1N1CCOCC1. The number of nitrogens with zero attached hydrogens (tertiary/aromatic N) is 4. The van der Waals surface area contributed by atoms with E-state index in [2.05, 4.69) is 10.00 Å². The summed E-state index contributed by atoms with van der Waals surface area (Å²) in [5.74, 6) is 0. The van der Waals surface area contributed by atoms with E-state index in [0.717, 1.165) is 35.5 Å². The molecule has 0 spiro atoms. The van der Waals surface area contributed by atoms with Gasteiger partial charge in [-0.1, -0.05) is 0 Å². The van der Waals surface area contributed by atoms with Crippen molar-refractivity contribution in [3.05, 3.63) is 40.2 Å². The molecule has 7 heteroatoms. The average Bonchev–Trinajstić information content (AvgIpc) is 2.93. The van der Waals surface area contributed by atoms with E-state index in [1.807, 2.05) is 20.2 Å². The van der Waals surface area contributed by atoms with Crippen LogP contribution in [0, 0.1) is 17.0 Å². The summed E-state index contributed by atoms with van der Waals surface area (Å²) in [7, 11) is 1.84. The maximum absolute atomic E-state index is 11.2. The molecule has 0 saturated carbocycles. The Morgan fingerprint density at radius 1 is 1.32 bits per heavy atom. The lowest BCUT2D eigenvalue weighted by Gasteiger charge is -2.31. The molecule has 1 aromatic carbocycles. The highest BCUT2D eigenvalue weighted by Crippen LogP contribution is 2.37. The number of rotatable bonds is 3. The molecule has 116 valence electrons. The number of aromatic nitrogens is 2. The quantitative estimate of drug-likeness (QED) is 0.641. The lowest BCUT2D eigenvalue weighted by Crippen LogP contribution is -2.37. The smallest absolute Gasteiger partial charge is 0.270 e. The first kappa shape index (κ1) is 14.5. The zero-order valence-corrected chi connectivity index (χ0v) is 12.7. The summed E-state index contributed by atoms with van der Waals surface area (Å²) in [5, 5.41) is 15.4. The van der Waals surface area contributed by atoms with E-state index in [9.17, 15) is 10.1 Å². The van der Waals surface area contributed by atoms with E-state index >= 15 is 0 Å². The van der Waals surface area contributed by atoms with Gasteiger partial charge in [-0.25, -0.2) is 0 Å². The molecule has 1 aromatic heterocycles. The molecule has 0 N–H and O–H groups in total. The van der Waals surface area contributed by atoms with E-state index in [1.165, 1.54) is 0 Å². The van der Waals surface area contributed by atoms with E-state index in [-0.39, 0.29) is 10.6 Å². The lowest BCUT2D eigenvalue weighted by molar-refractivity contribution is -0.384. The van der Waals surface area contributed by atoms with Gasteiger partial charge in [0.1, 0.15) is 0 Å². The van der Waals surface area contributed by atoms with Crippen LogP contribution in [0.2, 0.25) is 0 Å². The molecule has 7 nitrogen and oxygen atoms in total. The molecule has 0 aliphatic carbocycles. The van der Waals surface area contributed by atoms with Crippen LogP contribution in [0.25, 0.3) is 11.1 Å². The Morgan fingerprint density at radius 2 is 2.05 bits per heavy atom. The standard InChI is InChI=1S/C15H18N4O3/c1-11-7-13(19(20)21)8-14(12-9-16-17(2)10-12)15(11)18-3-5-22-6-4-18/h7-10H,3-6H2,1-2H3. The van der Waals surface area contributed by atoms with Gasteiger partial charge in [-0.3, -0.25) is 14.8 Å². The minimum absolute atomic E-state index is 0.105. The van der Waals surface area contributed by atoms with Gasteiger partial charge >= 0.3 is 0 Å². The van der Waals surface area contributed by atoms with Crippen molar-refractivity contribution in [1.82, 2.24) is 9.78 Å². The molecule has 3 rings (SSSR count). The highest BCUT2D eigenvalue weighted by atomic mass is 16.6. The Hall–Kier alpha value is -2.41. The number of nitro groups is 1. The second kappa shape index (κ2) is 5.76. The van der Waals surface area contributed by atoms with Crippen molar-refractivity contribution in [2.75, 3.05) is 31.2 Å². The van der Waals surface area contributed by atoms with Crippen molar-refractivity contribution in [3.8, 4) is 11.1 Å². The Kier molecular flexibility index (Phi) is 3.81. The van der Waals surface area contributed by atoms with Crippen LogP contribution in [0.1, 0.15) is 5.56 Å². The normalized spacial score (nSPS) is 15.1. The first-order valence-electron chi connectivity index (χ1n) is 7.17. The second-order valence-electron chi connectivity index (χ2n) is 5.42. The van der Waals surface area contributed by atoms with Crippen molar-refractivity contribution in [1.29, 1.82) is 0 Å². The van der Waals surface area contributed by atoms with Crippen molar-refractivity contribution < 1.29 is 9.66 Å². The topological polar surface area (TPSA) is 73.4 Å². The third-order valence-corrected chi connectivity index (χ3v) is 3.84. The van der Waals surface area contributed by atoms with Crippen molar-refractivity contribution >= 4 is 11.4 Å². The number of benzene rings is 1. The zero-order valence-electron chi connectivity index (χ0n) is 12.7. The number of anilines is 1. The molecule has 1 fully saturated rings. The van der Waals surface area contributed by atoms with Crippen LogP contribution in [-0.4, -0.2) is 41.0 Å². The maximum atomic E-state index is 11.2. The molecule has 2 heterocycles. The van der Waals surface area contributed by atoms with Crippen LogP contribution in [0.4, 0.5) is 11.4 Å². The summed E-state index contributed by atoms with van der Waals surface area (Å²) in [6.07, 6.45) is 3.62. The molecule has 1 saturated heterocycles. The van der Waals surface area contributed by atoms with E-state index in [4.69, 9.17) is 4.74 Å². The molecule has 0 radical (unpaired) electrons. The summed E-state index contributed by atoms with van der Waals surface area (Å²) in [4.78, 5) is 13.1. The maximum Gasteiger partial charge on any atom is 0.270 e. The van der Waals surface area contributed by atoms with Gasteiger partial charge in [0.25, 0.3) is 5.69 Å². The van der Waals surface area contributed by atoms with E-state index in [1.54, 1.807) is 23.0 Å². The molecule has 0 unspecified atom stereocenters. The fourth-order valence-electron chi connectivity index (χ4n) is 2.85. The number of nitro benzene ring substituents is 1. The molecular formula is C15H18N4O3. The summed E-state index contributed by atoms with van der Waals surface area (Å²) in [6, 6.07) is 3.26. The molecule has 0 atom stereocenters. The summed E-state index contributed by atoms with van der Waals surface area (Å²) >= 11 is 0. The minimum atomic E-state index is -0.351. The Bertz CT molecular complexity index is 705. The molecule has 2 aromatic rings. The fraction of sp³-hybridized carbons (Fsp3) is 0.400. The monoisotopic (exact) mass is 302 g/mol. The number of ether oxygens (including phenoxy) is 1. The van der Waals surface area contributed by atoms with Crippen LogP contribution in [0.3, 0.4) is 0 Å².